The summed E-state index contributed by atoms with van der Waals surface area (Å²) >= 11 is 0. The van der Waals surface area contributed by atoms with Crippen LogP contribution in [-0.4, -0.2) is 27.1 Å². The van der Waals surface area contributed by atoms with Gasteiger partial charge in [0.2, 0.25) is 10.0 Å². The van der Waals surface area contributed by atoms with Crippen LogP contribution in [0.3, 0.4) is 0 Å². The molecule has 0 radical (unpaired) electrons. The molecule has 0 spiro atoms. The Kier molecular flexibility index (Phi) is 7.07. The lowest BCUT2D eigenvalue weighted by Crippen LogP contribution is -2.30. The summed E-state index contributed by atoms with van der Waals surface area (Å²) in [5.41, 5.74) is 2.18. The van der Waals surface area contributed by atoms with Crippen LogP contribution in [0.15, 0.2) is 78.9 Å². The molecule has 1 N–H and O–H groups in total. The maximum Gasteiger partial charge on any atom is 0.251 e. The van der Waals surface area contributed by atoms with Crippen LogP contribution >= 0.6 is 0 Å². The molecule has 7 heteroatoms. The second-order valence-corrected chi connectivity index (χ2v) is 9.34. The first-order chi connectivity index (χ1) is 14.8. The van der Waals surface area contributed by atoms with E-state index in [0.717, 1.165) is 16.1 Å². The molecule has 0 aliphatic heterocycles. The SMILES string of the molecule is CC(CNC(=O)c1ccc(N(Cc2ccccc2F)S(C)(=O)=O)cc1)c1ccccc1. The molecule has 5 nitrogen and oxygen atoms in total. The Morgan fingerprint density at radius 1 is 0.968 bits per heavy atom. The Morgan fingerprint density at radius 3 is 2.19 bits per heavy atom. The second kappa shape index (κ2) is 9.75. The molecule has 0 heterocycles. The summed E-state index contributed by atoms with van der Waals surface area (Å²) in [6.45, 7) is 2.38. The number of sulfonamides is 1. The van der Waals surface area contributed by atoms with Crippen molar-refractivity contribution < 1.29 is 17.6 Å². The highest BCUT2D eigenvalue weighted by Crippen LogP contribution is 2.22. The summed E-state index contributed by atoms with van der Waals surface area (Å²) in [5, 5.41) is 2.90. The fourth-order valence-corrected chi connectivity index (χ4v) is 4.09. The first-order valence-corrected chi connectivity index (χ1v) is 11.7. The smallest absolute Gasteiger partial charge is 0.251 e. The molecule has 1 atom stereocenters. The van der Waals surface area contributed by atoms with Crippen molar-refractivity contribution >= 4 is 21.6 Å². The molecule has 3 rings (SSSR count). The summed E-state index contributed by atoms with van der Waals surface area (Å²) in [6.07, 6.45) is 1.07. The van der Waals surface area contributed by atoms with Crippen molar-refractivity contribution in [3.05, 3.63) is 101 Å². The van der Waals surface area contributed by atoms with E-state index < -0.39 is 15.8 Å². The number of nitrogens with one attached hydrogen (secondary N) is 1. The molecule has 0 aromatic heterocycles. The highest BCUT2D eigenvalue weighted by Gasteiger charge is 2.20. The van der Waals surface area contributed by atoms with Crippen LogP contribution in [0.25, 0.3) is 0 Å². The van der Waals surface area contributed by atoms with Crippen LogP contribution in [0.5, 0.6) is 0 Å². The summed E-state index contributed by atoms with van der Waals surface area (Å²) in [6, 6.07) is 22.2. The van der Waals surface area contributed by atoms with Gasteiger partial charge in [-0.2, -0.15) is 0 Å². The molecule has 0 saturated heterocycles. The summed E-state index contributed by atoms with van der Waals surface area (Å²) in [5.74, 6) is -0.556. The zero-order valence-electron chi connectivity index (χ0n) is 17.5. The number of carbonyl (C=O) groups excluding carboxylic acids is 1. The van der Waals surface area contributed by atoms with Gasteiger partial charge in [-0.1, -0.05) is 55.5 Å². The molecule has 3 aromatic rings. The van der Waals surface area contributed by atoms with E-state index in [-0.39, 0.29) is 23.9 Å². The Labute approximate surface area is 182 Å². The Hall–Kier alpha value is -3.19. The van der Waals surface area contributed by atoms with E-state index >= 15 is 0 Å². The minimum atomic E-state index is -3.65. The molecule has 0 fully saturated rings. The van der Waals surface area contributed by atoms with Crippen molar-refractivity contribution in [1.82, 2.24) is 5.32 Å². The van der Waals surface area contributed by atoms with E-state index in [9.17, 15) is 17.6 Å². The average molecular weight is 441 g/mol. The largest absolute Gasteiger partial charge is 0.351 e. The topological polar surface area (TPSA) is 66.5 Å². The third kappa shape index (κ3) is 5.92. The first kappa shape index (κ1) is 22.5. The standard InChI is InChI=1S/C24H25FN2O3S/c1-18(19-8-4-3-5-9-19)16-26-24(28)20-12-14-22(15-13-20)27(31(2,29)30)17-21-10-6-7-11-23(21)25/h3-15,18H,16-17H2,1-2H3,(H,26,28). The zero-order chi connectivity index (χ0) is 22.4. The van der Waals surface area contributed by atoms with E-state index in [1.54, 1.807) is 42.5 Å². The normalized spacial score (nSPS) is 12.2. The van der Waals surface area contributed by atoms with Crippen molar-refractivity contribution in [2.45, 2.75) is 19.4 Å². The highest BCUT2D eigenvalue weighted by atomic mass is 32.2. The Morgan fingerprint density at radius 2 is 1.58 bits per heavy atom. The predicted molar refractivity (Wildman–Crippen MR) is 121 cm³/mol. The quantitative estimate of drug-likeness (QED) is 0.567. The summed E-state index contributed by atoms with van der Waals surface area (Å²) in [4.78, 5) is 12.5. The van der Waals surface area contributed by atoms with E-state index in [1.807, 2.05) is 37.3 Å². The molecule has 1 unspecified atom stereocenters. The minimum Gasteiger partial charge on any atom is -0.351 e. The number of amides is 1. The molecule has 162 valence electrons. The first-order valence-electron chi connectivity index (χ1n) is 9.90. The predicted octanol–water partition coefficient (Wildman–Crippen LogP) is 4.33. The molecular formula is C24H25FN2O3S. The van der Waals surface area contributed by atoms with Crippen molar-refractivity contribution in [3.8, 4) is 0 Å². The monoisotopic (exact) mass is 440 g/mol. The van der Waals surface area contributed by atoms with Crippen LogP contribution < -0.4 is 9.62 Å². The summed E-state index contributed by atoms with van der Waals surface area (Å²) in [7, 11) is -3.65. The lowest BCUT2D eigenvalue weighted by atomic mass is 10.0. The van der Waals surface area contributed by atoms with E-state index in [2.05, 4.69) is 5.32 Å². The molecule has 3 aromatic carbocycles. The van der Waals surface area contributed by atoms with Crippen molar-refractivity contribution in [1.29, 1.82) is 0 Å². The molecule has 0 saturated carbocycles. The average Bonchev–Trinajstić information content (AvgIpc) is 2.76. The molecule has 0 aliphatic rings. The van der Waals surface area contributed by atoms with E-state index in [4.69, 9.17) is 0 Å². The molecule has 31 heavy (non-hydrogen) atoms. The number of halogens is 1. The number of rotatable bonds is 8. The van der Waals surface area contributed by atoms with Crippen LogP contribution in [0.2, 0.25) is 0 Å². The number of anilines is 1. The van der Waals surface area contributed by atoms with Crippen LogP contribution in [0.4, 0.5) is 10.1 Å². The van der Waals surface area contributed by atoms with Gasteiger partial charge in [-0.25, -0.2) is 12.8 Å². The zero-order valence-corrected chi connectivity index (χ0v) is 18.3. The van der Waals surface area contributed by atoms with E-state index in [1.165, 1.54) is 6.07 Å². The van der Waals surface area contributed by atoms with Crippen LogP contribution in [-0.2, 0) is 16.6 Å². The molecule has 0 bridgehead atoms. The molecule has 1 amide bonds. The molecular weight excluding hydrogens is 415 g/mol. The van der Waals surface area contributed by atoms with Crippen molar-refractivity contribution in [2.24, 2.45) is 0 Å². The van der Waals surface area contributed by atoms with Crippen molar-refractivity contribution in [3.63, 3.8) is 0 Å². The van der Waals surface area contributed by atoms with Crippen LogP contribution in [0.1, 0.15) is 34.3 Å². The van der Waals surface area contributed by atoms with Gasteiger partial charge < -0.3 is 5.32 Å². The maximum atomic E-state index is 14.0. The van der Waals surface area contributed by atoms with Gasteiger partial charge in [0.05, 0.1) is 18.5 Å². The molecule has 0 aliphatic carbocycles. The number of hydrogen-bond acceptors (Lipinski definition) is 3. The highest BCUT2D eigenvalue weighted by molar-refractivity contribution is 7.92. The van der Waals surface area contributed by atoms with Gasteiger partial charge in [0.1, 0.15) is 5.82 Å². The third-order valence-electron chi connectivity index (χ3n) is 5.03. The number of hydrogen-bond donors (Lipinski definition) is 1. The van der Waals surface area contributed by atoms with Gasteiger partial charge in [-0.05, 0) is 41.8 Å². The van der Waals surface area contributed by atoms with Gasteiger partial charge in [0.15, 0.2) is 0 Å². The van der Waals surface area contributed by atoms with Gasteiger partial charge in [-0.15, -0.1) is 0 Å². The Bertz CT molecular complexity index is 1130. The lowest BCUT2D eigenvalue weighted by molar-refractivity contribution is 0.0951. The number of benzene rings is 3. The fraction of sp³-hybridized carbons (Fsp3) is 0.208. The van der Waals surface area contributed by atoms with E-state index in [0.29, 0.717) is 17.8 Å². The Balaban J connectivity index is 1.71. The van der Waals surface area contributed by atoms with Gasteiger partial charge in [0, 0.05) is 17.7 Å². The summed E-state index contributed by atoms with van der Waals surface area (Å²) < 4.78 is 39.7. The van der Waals surface area contributed by atoms with Gasteiger partial charge >= 0.3 is 0 Å². The fourth-order valence-electron chi connectivity index (χ4n) is 3.21. The lowest BCUT2D eigenvalue weighted by Gasteiger charge is -2.23. The third-order valence-corrected chi connectivity index (χ3v) is 6.17. The number of nitrogens with zero attached hydrogens (tertiary/aromatic N) is 1. The van der Waals surface area contributed by atoms with Gasteiger partial charge in [-0.3, -0.25) is 9.10 Å². The number of carbonyl (C=O) groups is 1. The van der Waals surface area contributed by atoms with Crippen LogP contribution in [0, 0.1) is 5.82 Å². The second-order valence-electron chi connectivity index (χ2n) is 7.43. The van der Waals surface area contributed by atoms with Crippen molar-refractivity contribution in [2.75, 3.05) is 17.1 Å². The maximum absolute atomic E-state index is 14.0. The van der Waals surface area contributed by atoms with Gasteiger partial charge in [0.25, 0.3) is 5.91 Å². The minimum absolute atomic E-state index is 0.133.